The number of carbonyl (C=O) groups is 1. The second-order valence-electron chi connectivity index (χ2n) is 4.64. The molecule has 3 heterocycles. The maximum absolute atomic E-state index is 11.5. The standard InChI is InChI=1S/C12H16N4O2/c1-2-18-11(17)8-4-14-12(15-5-8)16-7-9-3-10(16)6-13-9/h4-5,9-10,13H,2-3,6-7H2,1H3/t9-,10?/m0/s1. The molecule has 2 bridgehead atoms. The van der Waals surface area contributed by atoms with Crippen molar-refractivity contribution < 1.29 is 9.53 Å². The normalized spacial score (nSPS) is 25.5. The molecule has 0 saturated carbocycles. The number of carbonyl (C=O) groups excluding carboxylic acids is 1. The number of esters is 1. The van der Waals surface area contributed by atoms with Crippen molar-refractivity contribution in [1.29, 1.82) is 0 Å². The summed E-state index contributed by atoms with van der Waals surface area (Å²) >= 11 is 0. The molecule has 2 aliphatic heterocycles. The lowest BCUT2D eigenvalue weighted by Gasteiger charge is -2.27. The lowest BCUT2D eigenvalue weighted by molar-refractivity contribution is 0.0525. The number of anilines is 1. The second kappa shape index (κ2) is 4.53. The molecule has 2 aliphatic rings. The highest BCUT2D eigenvalue weighted by molar-refractivity contribution is 5.88. The van der Waals surface area contributed by atoms with E-state index in [0.29, 0.717) is 30.2 Å². The predicted molar refractivity (Wildman–Crippen MR) is 65.5 cm³/mol. The Morgan fingerprint density at radius 2 is 2.33 bits per heavy atom. The zero-order valence-corrected chi connectivity index (χ0v) is 10.3. The first kappa shape index (κ1) is 11.4. The van der Waals surface area contributed by atoms with Crippen LogP contribution >= 0.6 is 0 Å². The second-order valence-corrected chi connectivity index (χ2v) is 4.64. The lowest BCUT2D eigenvalue weighted by atomic mass is 10.2. The SMILES string of the molecule is CCOC(=O)c1cnc(N2C[C@@H]3CC2CN3)nc1. The number of hydrogen-bond donors (Lipinski definition) is 1. The number of nitrogens with one attached hydrogen (secondary N) is 1. The van der Waals surface area contributed by atoms with Gasteiger partial charge in [-0.3, -0.25) is 0 Å². The molecule has 6 heteroatoms. The third-order valence-electron chi connectivity index (χ3n) is 3.46. The van der Waals surface area contributed by atoms with E-state index in [1.54, 1.807) is 19.3 Å². The summed E-state index contributed by atoms with van der Waals surface area (Å²) in [5.74, 6) is 0.339. The van der Waals surface area contributed by atoms with Crippen LogP contribution in [0, 0.1) is 0 Å². The Hall–Kier alpha value is -1.69. The molecular weight excluding hydrogens is 232 g/mol. The minimum Gasteiger partial charge on any atom is -0.462 e. The summed E-state index contributed by atoms with van der Waals surface area (Å²) < 4.78 is 4.90. The van der Waals surface area contributed by atoms with Gasteiger partial charge < -0.3 is 15.0 Å². The molecule has 6 nitrogen and oxygen atoms in total. The minimum atomic E-state index is -0.367. The summed E-state index contributed by atoms with van der Waals surface area (Å²) in [7, 11) is 0. The summed E-state index contributed by atoms with van der Waals surface area (Å²) in [5, 5.41) is 3.43. The Morgan fingerprint density at radius 1 is 1.56 bits per heavy atom. The van der Waals surface area contributed by atoms with Gasteiger partial charge in [0.05, 0.1) is 12.2 Å². The molecule has 1 N–H and O–H groups in total. The van der Waals surface area contributed by atoms with E-state index in [2.05, 4.69) is 20.2 Å². The summed E-state index contributed by atoms with van der Waals surface area (Å²) in [4.78, 5) is 22.2. The maximum atomic E-state index is 11.5. The van der Waals surface area contributed by atoms with E-state index in [4.69, 9.17) is 4.74 Å². The lowest BCUT2D eigenvalue weighted by Crippen LogP contribution is -2.44. The van der Waals surface area contributed by atoms with Crippen LogP contribution in [0.1, 0.15) is 23.7 Å². The smallest absolute Gasteiger partial charge is 0.341 e. The number of rotatable bonds is 3. The van der Waals surface area contributed by atoms with Gasteiger partial charge in [0.2, 0.25) is 5.95 Å². The van der Waals surface area contributed by atoms with Crippen LogP contribution in [0.15, 0.2) is 12.4 Å². The van der Waals surface area contributed by atoms with Crippen molar-refractivity contribution in [1.82, 2.24) is 15.3 Å². The summed E-state index contributed by atoms with van der Waals surface area (Å²) in [6.45, 7) is 4.08. The fourth-order valence-electron chi connectivity index (χ4n) is 2.60. The van der Waals surface area contributed by atoms with Gasteiger partial charge >= 0.3 is 5.97 Å². The third kappa shape index (κ3) is 1.92. The fourth-order valence-corrected chi connectivity index (χ4v) is 2.60. The molecule has 0 amide bonds. The van der Waals surface area contributed by atoms with Gasteiger partial charge in [-0.15, -0.1) is 0 Å². The molecule has 1 unspecified atom stereocenters. The van der Waals surface area contributed by atoms with Crippen LogP contribution in [-0.2, 0) is 4.74 Å². The van der Waals surface area contributed by atoms with Crippen LogP contribution in [0.5, 0.6) is 0 Å². The highest BCUT2D eigenvalue weighted by Crippen LogP contribution is 2.26. The first-order valence-electron chi connectivity index (χ1n) is 6.27. The monoisotopic (exact) mass is 248 g/mol. The third-order valence-corrected chi connectivity index (χ3v) is 3.46. The number of hydrogen-bond acceptors (Lipinski definition) is 6. The van der Waals surface area contributed by atoms with Crippen molar-refractivity contribution >= 4 is 11.9 Å². The molecule has 2 fully saturated rings. The minimum absolute atomic E-state index is 0.363. The van der Waals surface area contributed by atoms with Gasteiger partial charge in [-0.2, -0.15) is 0 Å². The first-order valence-corrected chi connectivity index (χ1v) is 6.27. The van der Waals surface area contributed by atoms with E-state index < -0.39 is 0 Å². The van der Waals surface area contributed by atoms with Gasteiger partial charge in [-0.05, 0) is 13.3 Å². The number of fused-ring (bicyclic) bond motifs is 2. The number of ether oxygens (including phenoxy) is 1. The predicted octanol–water partition coefficient (Wildman–Crippen LogP) is 0.204. The Bertz CT molecular complexity index is 448. The average Bonchev–Trinajstić information content (AvgIpc) is 3.01. The van der Waals surface area contributed by atoms with Crippen LogP contribution in [0.2, 0.25) is 0 Å². The van der Waals surface area contributed by atoms with Crippen molar-refractivity contribution in [3.8, 4) is 0 Å². The zero-order valence-electron chi connectivity index (χ0n) is 10.3. The molecule has 0 aliphatic carbocycles. The molecule has 0 spiro atoms. The summed E-state index contributed by atoms with van der Waals surface area (Å²) in [6.07, 6.45) is 4.24. The molecule has 2 atom stereocenters. The van der Waals surface area contributed by atoms with Crippen LogP contribution in [0.3, 0.4) is 0 Å². The van der Waals surface area contributed by atoms with E-state index >= 15 is 0 Å². The van der Waals surface area contributed by atoms with Crippen LogP contribution in [0.4, 0.5) is 5.95 Å². The van der Waals surface area contributed by atoms with Gasteiger partial charge in [0.25, 0.3) is 0 Å². The Labute approximate surface area is 105 Å². The van der Waals surface area contributed by atoms with Crippen molar-refractivity contribution in [2.75, 3.05) is 24.6 Å². The molecule has 1 aromatic rings. The highest BCUT2D eigenvalue weighted by Gasteiger charge is 2.38. The van der Waals surface area contributed by atoms with E-state index in [1.807, 2.05) is 0 Å². The Morgan fingerprint density at radius 3 is 2.89 bits per heavy atom. The quantitative estimate of drug-likeness (QED) is 0.771. The van der Waals surface area contributed by atoms with Crippen molar-refractivity contribution in [3.05, 3.63) is 18.0 Å². The van der Waals surface area contributed by atoms with Gasteiger partial charge in [0.1, 0.15) is 0 Å². The summed E-state index contributed by atoms with van der Waals surface area (Å²) in [6, 6.07) is 1.05. The van der Waals surface area contributed by atoms with Crippen LogP contribution < -0.4 is 10.2 Å². The number of nitrogens with zero attached hydrogens (tertiary/aromatic N) is 3. The molecule has 0 aromatic carbocycles. The topological polar surface area (TPSA) is 67.3 Å². The van der Waals surface area contributed by atoms with E-state index in [1.165, 1.54) is 0 Å². The molecule has 3 rings (SSSR count). The van der Waals surface area contributed by atoms with Gasteiger partial charge in [0.15, 0.2) is 0 Å². The van der Waals surface area contributed by atoms with E-state index in [0.717, 1.165) is 19.5 Å². The molecule has 96 valence electrons. The Kier molecular flexibility index (Phi) is 2.87. The van der Waals surface area contributed by atoms with Gasteiger partial charge in [0, 0.05) is 37.6 Å². The molecule has 2 saturated heterocycles. The molecule has 18 heavy (non-hydrogen) atoms. The fraction of sp³-hybridized carbons (Fsp3) is 0.583. The van der Waals surface area contributed by atoms with Crippen molar-refractivity contribution in [2.24, 2.45) is 0 Å². The first-order chi connectivity index (χ1) is 8.78. The van der Waals surface area contributed by atoms with E-state index in [-0.39, 0.29) is 5.97 Å². The largest absolute Gasteiger partial charge is 0.462 e. The number of aromatic nitrogens is 2. The van der Waals surface area contributed by atoms with Gasteiger partial charge in [-0.25, -0.2) is 14.8 Å². The highest BCUT2D eigenvalue weighted by atomic mass is 16.5. The van der Waals surface area contributed by atoms with Gasteiger partial charge in [-0.1, -0.05) is 0 Å². The van der Waals surface area contributed by atoms with Crippen molar-refractivity contribution in [3.63, 3.8) is 0 Å². The van der Waals surface area contributed by atoms with Crippen LogP contribution in [0.25, 0.3) is 0 Å². The Balaban J connectivity index is 1.73. The number of piperazine rings is 1. The van der Waals surface area contributed by atoms with E-state index in [9.17, 15) is 4.79 Å². The molecule has 0 radical (unpaired) electrons. The molecule has 1 aromatic heterocycles. The maximum Gasteiger partial charge on any atom is 0.341 e. The zero-order chi connectivity index (χ0) is 12.5. The summed E-state index contributed by atoms with van der Waals surface area (Å²) in [5.41, 5.74) is 0.406. The van der Waals surface area contributed by atoms with Crippen LogP contribution in [-0.4, -0.2) is 47.7 Å². The van der Waals surface area contributed by atoms with Crippen molar-refractivity contribution in [2.45, 2.75) is 25.4 Å². The molecular formula is C12H16N4O2. The average molecular weight is 248 g/mol.